The van der Waals surface area contributed by atoms with E-state index in [1.807, 2.05) is 11.0 Å². The van der Waals surface area contributed by atoms with Gasteiger partial charge in [-0.3, -0.25) is 9.78 Å². The van der Waals surface area contributed by atoms with Gasteiger partial charge in [0.25, 0.3) is 0 Å². The summed E-state index contributed by atoms with van der Waals surface area (Å²) in [5, 5.41) is 3.48. The molecule has 1 aliphatic carbocycles. The molecule has 136 valence electrons. The fraction of sp³-hybridized carbons (Fsp3) is 0.450. The molecule has 0 unspecified atom stereocenters. The SMILES string of the molecule is O=C(CCc1ccccc1F)N1C[C@@H]2CC[C@@H](Nc3cnccn3)[C@@H]2C1. The van der Waals surface area contributed by atoms with E-state index in [1.165, 1.54) is 6.07 Å². The maximum Gasteiger partial charge on any atom is 0.222 e. The van der Waals surface area contributed by atoms with Crippen LogP contribution >= 0.6 is 0 Å². The highest BCUT2D eigenvalue weighted by molar-refractivity contribution is 5.76. The number of hydrogen-bond donors (Lipinski definition) is 1. The quantitative estimate of drug-likeness (QED) is 0.897. The summed E-state index contributed by atoms with van der Waals surface area (Å²) in [6, 6.07) is 7.02. The predicted octanol–water partition coefficient (Wildman–Crippen LogP) is 2.90. The van der Waals surface area contributed by atoms with Gasteiger partial charge < -0.3 is 10.2 Å². The zero-order valence-corrected chi connectivity index (χ0v) is 14.6. The highest BCUT2D eigenvalue weighted by Crippen LogP contribution is 2.39. The topological polar surface area (TPSA) is 58.1 Å². The van der Waals surface area contributed by atoms with E-state index in [-0.39, 0.29) is 11.7 Å². The van der Waals surface area contributed by atoms with Crippen molar-refractivity contribution in [2.24, 2.45) is 11.8 Å². The number of anilines is 1. The lowest BCUT2D eigenvalue weighted by atomic mass is 9.98. The Morgan fingerprint density at radius 2 is 2.12 bits per heavy atom. The molecule has 4 rings (SSSR count). The highest BCUT2D eigenvalue weighted by Gasteiger charge is 2.43. The van der Waals surface area contributed by atoms with Gasteiger partial charge in [0.15, 0.2) is 0 Å². The Morgan fingerprint density at radius 1 is 1.23 bits per heavy atom. The molecule has 26 heavy (non-hydrogen) atoms. The van der Waals surface area contributed by atoms with E-state index in [0.29, 0.717) is 36.3 Å². The van der Waals surface area contributed by atoms with Crippen LogP contribution in [0.3, 0.4) is 0 Å². The maximum atomic E-state index is 13.7. The number of carbonyl (C=O) groups is 1. The molecule has 1 aromatic carbocycles. The van der Waals surface area contributed by atoms with Crippen LogP contribution in [0.2, 0.25) is 0 Å². The maximum absolute atomic E-state index is 13.7. The average Bonchev–Trinajstić information content (AvgIpc) is 3.24. The van der Waals surface area contributed by atoms with Crippen molar-refractivity contribution >= 4 is 11.7 Å². The first-order valence-electron chi connectivity index (χ1n) is 9.24. The van der Waals surface area contributed by atoms with E-state index in [4.69, 9.17) is 0 Å². The van der Waals surface area contributed by atoms with E-state index in [1.54, 1.807) is 30.7 Å². The molecule has 1 saturated heterocycles. The molecule has 2 heterocycles. The van der Waals surface area contributed by atoms with Crippen LogP contribution in [0.4, 0.5) is 10.2 Å². The molecule has 0 radical (unpaired) electrons. The third-order valence-electron chi connectivity index (χ3n) is 5.67. The normalized spacial score (nSPS) is 24.5. The molecule has 2 aliphatic rings. The largest absolute Gasteiger partial charge is 0.366 e. The molecule has 2 aromatic rings. The molecular weight excluding hydrogens is 331 g/mol. The summed E-state index contributed by atoms with van der Waals surface area (Å²) in [6.45, 7) is 1.60. The number of fused-ring (bicyclic) bond motifs is 1. The third-order valence-corrected chi connectivity index (χ3v) is 5.67. The first kappa shape index (κ1) is 16.9. The van der Waals surface area contributed by atoms with Gasteiger partial charge in [0.1, 0.15) is 11.6 Å². The summed E-state index contributed by atoms with van der Waals surface area (Å²) in [6.07, 6.45) is 8.12. The lowest BCUT2D eigenvalue weighted by Crippen LogP contribution is -2.33. The lowest BCUT2D eigenvalue weighted by molar-refractivity contribution is -0.130. The number of carbonyl (C=O) groups excluding carboxylic acids is 1. The Kier molecular flexibility index (Phi) is 4.82. The molecule has 1 amide bonds. The summed E-state index contributed by atoms with van der Waals surface area (Å²) in [7, 11) is 0. The van der Waals surface area contributed by atoms with Crippen LogP contribution in [0.25, 0.3) is 0 Å². The summed E-state index contributed by atoms with van der Waals surface area (Å²) >= 11 is 0. The Labute approximate surface area is 152 Å². The van der Waals surface area contributed by atoms with Crippen LogP contribution in [-0.2, 0) is 11.2 Å². The molecule has 0 spiro atoms. The zero-order valence-electron chi connectivity index (χ0n) is 14.6. The first-order chi connectivity index (χ1) is 12.7. The van der Waals surface area contributed by atoms with Crippen molar-refractivity contribution in [2.75, 3.05) is 18.4 Å². The van der Waals surface area contributed by atoms with Crippen LogP contribution in [0, 0.1) is 17.7 Å². The van der Waals surface area contributed by atoms with Gasteiger partial charge in [-0.2, -0.15) is 0 Å². The van der Waals surface area contributed by atoms with E-state index in [2.05, 4.69) is 15.3 Å². The molecule has 1 N–H and O–H groups in total. The second-order valence-corrected chi connectivity index (χ2v) is 7.23. The van der Waals surface area contributed by atoms with Gasteiger partial charge in [-0.25, -0.2) is 9.37 Å². The fourth-order valence-corrected chi connectivity index (χ4v) is 4.31. The van der Waals surface area contributed by atoms with E-state index in [0.717, 1.165) is 31.7 Å². The molecule has 1 saturated carbocycles. The number of nitrogens with one attached hydrogen (secondary N) is 1. The predicted molar refractivity (Wildman–Crippen MR) is 97.0 cm³/mol. The lowest BCUT2D eigenvalue weighted by Gasteiger charge is -2.22. The number of halogens is 1. The first-order valence-corrected chi connectivity index (χ1v) is 9.24. The van der Waals surface area contributed by atoms with Crippen molar-refractivity contribution in [3.63, 3.8) is 0 Å². The van der Waals surface area contributed by atoms with Crippen molar-refractivity contribution in [2.45, 2.75) is 31.7 Å². The number of aromatic nitrogens is 2. The Hall–Kier alpha value is -2.50. The standard InChI is InChI=1S/C20H23FN4O/c21-17-4-2-1-3-14(17)6-8-20(26)25-12-15-5-7-18(16(15)13-25)24-19-11-22-9-10-23-19/h1-4,9-11,15-16,18H,5-8,12-13H2,(H,23,24)/t15-,16+,18+/m0/s1. The van der Waals surface area contributed by atoms with Crippen LogP contribution in [0.15, 0.2) is 42.9 Å². The molecule has 5 nitrogen and oxygen atoms in total. The van der Waals surface area contributed by atoms with Gasteiger partial charge in [-0.15, -0.1) is 0 Å². The molecular formula is C20H23FN4O. The van der Waals surface area contributed by atoms with Crippen LogP contribution in [0.1, 0.15) is 24.8 Å². The summed E-state index contributed by atoms with van der Waals surface area (Å²) in [5.74, 6) is 1.69. The number of amides is 1. The molecule has 3 atom stereocenters. The number of likely N-dealkylation sites (tertiary alicyclic amines) is 1. The highest BCUT2D eigenvalue weighted by atomic mass is 19.1. The van der Waals surface area contributed by atoms with Crippen molar-refractivity contribution in [1.82, 2.24) is 14.9 Å². The second-order valence-electron chi connectivity index (χ2n) is 7.23. The van der Waals surface area contributed by atoms with E-state index < -0.39 is 0 Å². The molecule has 6 heteroatoms. The Bertz CT molecular complexity index is 769. The summed E-state index contributed by atoms with van der Waals surface area (Å²) < 4.78 is 13.7. The number of rotatable bonds is 5. The van der Waals surface area contributed by atoms with Gasteiger partial charge in [-0.05, 0) is 36.8 Å². The van der Waals surface area contributed by atoms with Gasteiger partial charge in [0.2, 0.25) is 5.91 Å². The average molecular weight is 354 g/mol. The second kappa shape index (κ2) is 7.40. The van der Waals surface area contributed by atoms with Gasteiger partial charge in [0, 0.05) is 43.9 Å². The van der Waals surface area contributed by atoms with Crippen LogP contribution in [0.5, 0.6) is 0 Å². The van der Waals surface area contributed by atoms with Gasteiger partial charge in [0.05, 0.1) is 6.20 Å². The molecule has 0 bridgehead atoms. The van der Waals surface area contributed by atoms with Crippen molar-refractivity contribution in [3.05, 3.63) is 54.2 Å². The molecule has 1 aromatic heterocycles. The Balaban J connectivity index is 1.33. The smallest absolute Gasteiger partial charge is 0.222 e. The van der Waals surface area contributed by atoms with Crippen molar-refractivity contribution in [1.29, 1.82) is 0 Å². The number of aryl methyl sites for hydroxylation is 1. The number of hydrogen-bond acceptors (Lipinski definition) is 4. The zero-order chi connectivity index (χ0) is 17.9. The summed E-state index contributed by atoms with van der Waals surface area (Å²) in [4.78, 5) is 22.9. The van der Waals surface area contributed by atoms with Crippen LogP contribution in [-0.4, -0.2) is 39.9 Å². The minimum Gasteiger partial charge on any atom is -0.366 e. The molecule has 2 fully saturated rings. The fourth-order valence-electron chi connectivity index (χ4n) is 4.31. The van der Waals surface area contributed by atoms with E-state index >= 15 is 0 Å². The van der Waals surface area contributed by atoms with Crippen molar-refractivity contribution < 1.29 is 9.18 Å². The minimum absolute atomic E-state index is 0.126. The number of benzene rings is 1. The third kappa shape index (κ3) is 3.54. The van der Waals surface area contributed by atoms with E-state index in [9.17, 15) is 9.18 Å². The monoisotopic (exact) mass is 354 g/mol. The minimum atomic E-state index is -0.230. The molecule has 1 aliphatic heterocycles. The van der Waals surface area contributed by atoms with Gasteiger partial charge >= 0.3 is 0 Å². The van der Waals surface area contributed by atoms with Crippen LogP contribution < -0.4 is 5.32 Å². The number of nitrogens with zero attached hydrogens (tertiary/aromatic N) is 3. The summed E-state index contributed by atoms with van der Waals surface area (Å²) in [5.41, 5.74) is 0.613. The van der Waals surface area contributed by atoms with Crippen molar-refractivity contribution in [3.8, 4) is 0 Å². The van der Waals surface area contributed by atoms with Gasteiger partial charge in [-0.1, -0.05) is 18.2 Å². The Morgan fingerprint density at radius 3 is 2.92 bits per heavy atom.